The number of halogens is 3. The van der Waals surface area contributed by atoms with Crippen molar-refractivity contribution in [2.75, 3.05) is 0 Å². The summed E-state index contributed by atoms with van der Waals surface area (Å²) in [5.74, 6) is 0.317. The molecule has 2 aromatic rings. The number of nitrogens with one attached hydrogen (secondary N) is 1. The molecule has 0 amide bonds. The minimum absolute atomic E-state index is 0.0612. The van der Waals surface area contributed by atoms with Crippen molar-refractivity contribution in [3.63, 3.8) is 0 Å². The van der Waals surface area contributed by atoms with Crippen molar-refractivity contribution >= 4 is 0 Å². The van der Waals surface area contributed by atoms with E-state index in [1.807, 2.05) is 0 Å². The van der Waals surface area contributed by atoms with Gasteiger partial charge in [-0.25, -0.2) is 9.67 Å². The molecule has 6 nitrogen and oxygen atoms in total. The van der Waals surface area contributed by atoms with Crippen molar-refractivity contribution in [2.24, 2.45) is 0 Å². The third-order valence-corrected chi connectivity index (χ3v) is 2.04. The number of rotatable bonds is 2. The Bertz CT molecular complexity index is 526. The summed E-state index contributed by atoms with van der Waals surface area (Å²) in [4.78, 5) is 3.93. The fourth-order valence-electron chi connectivity index (χ4n) is 1.41. The second kappa shape index (κ2) is 3.82. The van der Waals surface area contributed by atoms with Gasteiger partial charge in [0.1, 0.15) is 12.4 Å². The van der Waals surface area contributed by atoms with Crippen LogP contribution in [0.25, 0.3) is 11.5 Å². The third-order valence-electron chi connectivity index (χ3n) is 2.04. The van der Waals surface area contributed by atoms with Crippen LogP contribution in [0.1, 0.15) is 11.5 Å². The Hall–Kier alpha value is -1.93. The molecular weight excluding hydrogens is 237 g/mol. The molecule has 92 valence electrons. The molecule has 1 N–H and O–H groups in total. The number of hydrogen-bond acceptors (Lipinski definition) is 4. The van der Waals surface area contributed by atoms with Gasteiger partial charge in [0.05, 0.1) is 5.69 Å². The van der Waals surface area contributed by atoms with Gasteiger partial charge >= 0.3 is 6.18 Å². The van der Waals surface area contributed by atoms with E-state index in [4.69, 9.17) is 0 Å². The zero-order chi connectivity index (χ0) is 12.6. The van der Waals surface area contributed by atoms with Crippen LogP contribution in [0.15, 0.2) is 0 Å². The normalized spacial score (nSPS) is 12.1. The van der Waals surface area contributed by atoms with E-state index >= 15 is 0 Å². The summed E-state index contributed by atoms with van der Waals surface area (Å²) in [6.45, 7) is 1.95. The maximum absolute atomic E-state index is 12.3. The Balaban J connectivity index is 2.45. The topological polar surface area (TPSA) is 72.3 Å². The van der Waals surface area contributed by atoms with E-state index in [9.17, 15) is 13.2 Å². The van der Waals surface area contributed by atoms with Gasteiger partial charge in [0.2, 0.25) is 0 Å². The summed E-state index contributed by atoms with van der Waals surface area (Å²) in [5, 5.41) is 13.5. The molecular formula is C8H9F3N6. The average Bonchev–Trinajstić information content (AvgIpc) is 2.70. The van der Waals surface area contributed by atoms with Crippen LogP contribution in [0.3, 0.4) is 0 Å². The summed E-state index contributed by atoms with van der Waals surface area (Å²) >= 11 is 0. The van der Waals surface area contributed by atoms with Crippen LogP contribution in [0.4, 0.5) is 13.2 Å². The van der Waals surface area contributed by atoms with E-state index in [-0.39, 0.29) is 17.3 Å². The van der Waals surface area contributed by atoms with Crippen LogP contribution in [-0.2, 0) is 6.54 Å². The van der Waals surface area contributed by atoms with Crippen molar-refractivity contribution in [1.29, 1.82) is 0 Å². The smallest absolute Gasteiger partial charge is 0.235 e. The lowest BCUT2D eigenvalue weighted by Gasteiger charge is -2.07. The first-order valence-electron chi connectivity index (χ1n) is 4.73. The minimum atomic E-state index is -4.35. The molecule has 2 heterocycles. The molecule has 0 radical (unpaired) electrons. The van der Waals surface area contributed by atoms with Gasteiger partial charge in [-0.1, -0.05) is 0 Å². The molecule has 0 aliphatic carbocycles. The van der Waals surface area contributed by atoms with E-state index in [0.29, 0.717) is 5.69 Å². The van der Waals surface area contributed by atoms with Gasteiger partial charge < -0.3 is 0 Å². The highest BCUT2D eigenvalue weighted by molar-refractivity contribution is 5.51. The number of hydrogen-bond donors (Lipinski definition) is 1. The second-order valence-electron chi connectivity index (χ2n) is 3.51. The van der Waals surface area contributed by atoms with Gasteiger partial charge in [-0.2, -0.15) is 33.7 Å². The molecule has 9 heteroatoms. The molecule has 0 unspecified atom stereocenters. The molecule has 2 rings (SSSR count). The van der Waals surface area contributed by atoms with Gasteiger partial charge in [-0.15, -0.1) is 0 Å². The monoisotopic (exact) mass is 246 g/mol. The molecule has 17 heavy (non-hydrogen) atoms. The highest BCUT2D eigenvalue weighted by Crippen LogP contribution is 2.22. The Kier molecular flexibility index (Phi) is 2.60. The zero-order valence-corrected chi connectivity index (χ0v) is 9.08. The first kappa shape index (κ1) is 11.6. The molecule has 0 fully saturated rings. The van der Waals surface area contributed by atoms with Crippen LogP contribution in [0, 0.1) is 13.8 Å². The van der Waals surface area contributed by atoms with E-state index in [1.165, 1.54) is 6.92 Å². The van der Waals surface area contributed by atoms with Gasteiger partial charge in [-0.3, -0.25) is 0 Å². The molecule has 0 aliphatic rings. The molecule has 0 saturated heterocycles. The largest absolute Gasteiger partial charge is 0.408 e. The van der Waals surface area contributed by atoms with Crippen LogP contribution in [0.2, 0.25) is 0 Å². The lowest BCUT2D eigenvalue weighted by atomic mass is 10.3. The Morgan fingerprint density at radius 3 is 2.47 bits per heavy atom. The highest BCUT2D eigenvalue weighted by atomic mass is 19.4. The van der Waals surface area contributed by atoms with Crippen molar-refractivity contribution in [3.8, 4) is 11.5 Å². The summed E-state index contributed by atoms with van der Waals surface area (Å²) in [7, 11) is 0. The molecule has 0 aromatic carbocycles. The zero-order valence-electron chi connectivity index (χ0n) is 9.08. The predicted molar refractivity (Wildman–Crippen MR) is 50.9 cm³/mol. The number of aromatic nitrogens is 6. The maximum atomic E-state index is 12.3. The van der Waals surface area contributed by atoms with Gasteiger partial charge in [-0.05, 0) is 13.8 Å². The quantitative estimate of drug-likeness (QED) is 0.865. The van der Waals surface area contributed by atoms with E-state index in [2.05, 4.69) is 25.5 Å². The molecule has 0 spiro atoms. The van der Waals surface area contributed by atoms with E-state index < -0.39 is 12.7 Å². The van der Waals surface area contributed by atoms with Crippen LogP contribution in [-0.4, -0.2) is 36.4 Å². The van der Waals surface area contributed by atoms with E-state index in [0.717, 1.165) is 4.68 Å². The summed E-state index contributed by atoms with van der Waals surface area (Å²) < 4.78 is 37.8. The van der Waals surface area contributed by atoms with Crippen molar-refractivity contribution in [3.05, 3.63) is 11.5 Å². The standard InChI is InChI=1S/C8H9F3N6/c1-4-6(14-16-13-4)7-12-5(2)15-17(7)3-8(9,10)11/h3H2,1-2H3,(H,13,14,16). The first-order chi connectivity index (χ1) is 7.87. The van der Waals surface area contributed by atoms with Crippen LogP contribution >= 0.6 is 0 Å². The fraction of sp³-hybridized carbons (Fsp3) is 0.500. The van der Waals surface area contributed by atoms with E-state index in [1.54, 1.807) is 6.92 Å². The van der Waals surface area contributed by atoms with Gasteiger partial charge in [0, 0.05) is 0 Å². The van der Waals surface area contributed by atoms with Gasteiger partial charge in [0.25, 0.3) is 0 Å². The molecule has 0 aliphatic heterocycles. The molecule has 0 saturated carbocycles. The number of aromatic amines is 1. The average molecular weight is 246 g/mol. The minimum Gasteiger partial charge on any atom is -0.235 e. The summed E-state index contributed by atoms with van der Waals surface area (Å²) in [5.41, 5.74) is 0.746. The molecule has 0 bridgehead atoms. The number of aryl methyl sites for hydroxylation is 2. The summed E-state index contributed by atoms with van der Waals surface area (Å²) in [6.07, 6.45) is -4.35. The first-order valence-corrected chi connectivity index (χ1v) is 4.73. The number of alkyl halides is 3. The SMILES string of the molecule is Cc1nc(-c2n[nH]nc2C)n(CC(F)(F)F)n1. The van der Waals surface area contributed by atoms with Crippen LogP contribution in [0.5, 0.6) is 0 Å². The Morgan fingerprint density at radius 1 is 1.24 bits per heavy atom. The number of nitrogens with zero attached hydrogens (tertiary/aromatic N) is 5. The fourth-order valence-corrected chi connectivity index (χ4v) is 1.41. The number of H-pyrrole nitrogens is 1. The maximum Gasteiger partial charge on any atom is 0.408 e. The van der Waals surface area contributed by atoms with Crippen LogP contribution < -0.4 is 0 Å². The lowest BCUT2D eigenvalue weighted by Crippen LogP contribution is -2.19. The summed E-state index contributed by atoms with van der Waals surface area (Å²) in [6, 6.07) is 0. The second-order valence-corrected chi connectivity index (χ2v) is 3.51. The van der Waals surface area contributed by atoms with Crippen molar-refractivity contribution in [2.45, 2.75) is 26.6 Å². The molecule has 2 aromatic heterocycles. The Morgan fingerprint density at radius 2 is 1.94 bits per heavy atom. The predicted octanol–water partition coefficient (Wildman–Crippen LogP) is 1.24. The highest BCUT2D eigenvalue weighted by Gasteiger charge is 2.31. The van der Waals surface area contributed by atoms with Crippen molar-refractivity contribution < 1.29 is 13.2 Å². The Labute approximate surface area is 93.9 Å². The lowest BCUT2D eigenvalue weighted by molar-refractivity contribution is -0.142. The van der Waals surface area contributed by atoms with Crippen molar-refractivity contribution in [1.82, 2.24) is 30.2 Å². The van der Waals surface area contributed by atoms with Gasteiger partial charge in [0.15, 0.2) is 11.5 Å². The third kappa shape index (κ3) is 2.43. The molecule has 0 atom stereocenters.